The number of methoxy groups -OCH3 is 1. The lowest BCUT2D eigenvalue weighted by atomic mass is 10.2. The minimum atomic E-state index is -0.571. The second kappa shape index (κ2) is 6.10. The third-order valence-corrected chi connectivity index (χ3v) is 3.53. The largest absolute Gasteiger partial charge is 0.496 e. The van der Waals surface area contributed by atoms with Crippen molar-refractivity contribution in [3.8, 4) is 11.6 Å². The lowest BCUT2D eigenvalue weighted by molar-refractivity contribution is 0.0992. The van der Waals surface area contributed by atoms with Crippen LogP contribution in [0.2, 0.25) is 5.02 Å². The molecule has 3 rings (SSSR count). The number of ether oxygens (including phenoxy) is 1. The smallest absolute Gasteiger partial charge is 0.299 e. The molecule has 116 valence electrons. The van der Waals surface area contributed by atoms with Crippen LogP contribution in [0.25, 0.3) is 10.9 Å². The van der Waals surface area contributed by atoms with Crippen LogP contribution in [0.4, 0.5) is 5.69 Å². The van der Waals surface area contributed by atoms with E-state index in [1.807, 2.05) is 0 Å². The number of halogens is 1. The topological polar surface area (TPSA) is 87.0 Å². The van der Waals surface area contributed by atoms with Crippen molar-refractivity contribution in [2.45, 2.75) is 0 Å². The van der Waals surface area contributed by atoms with Crippen molar-refractivity contribution in [3.05, 3.63) is 53.1 Å². The number of carbonyl (C=O) groups is 1. The van der Waals surface area contributed by atoms with Gasteiger partial charge in [-0.1, -0.05) is 23.7 Å². The van der Waals surface area contributed by atoms with Crippen molar-refractivity contribution < 1.29 is 14.6 Å². The predicted octanol–water partition coefficient (Wildman–Crippen LogP) is 4.46. The second-order valence-electron chi connectivity index (χ2n) is 4.72. The van der Waals surface area contributed by atoms with Gasteiger partial charge in [-0.2, -0.15) is 0 Å². The van der Waals surface area contributed by atoms with Gasteiger partial charge in [-0.25, -0.2) is 0 Å². The summed E-state index contributed by atoms with van der Waals surface area (Å²) < 4.78 is 5.12. The molecule has 0 aliphatic heterocycles. The Morgan fingerprint density at radius 2 is 2.04 bits per heavy atom. The molecule has 6 nitrogen and oxygen atoms in total. The molecule has 1 heterocycles. The van der Waals surface area contributed by atoms with Crippen LogP contribution in [0.3, 0.4) is 0 Å². The number of azo groups is 1. The zero-order valence-corrected chi connectivity index (χ0v) is 12.8. The van der Waals surface area contributed by atoms with Crippen LogP contribution in [0, 0.1) is 0 Å². The first-order chi connectivity index (χ1) is 11.1. The van der Waals surface area contributed by atoms with Gasteiger partial charge in [-0.05, 0) is 30.3 Å². The molecule has 0 fully saturated rings. The van der Waals surface area contributed by atoms with E-state index in [-0.39, 0.29) is 17.1 Å². The van der Waals surface area contributed by atoms with E-state index in [2.05, 4.69) is 15.2 Å². The maximum Gasteiger partial charge on any atom is 0.299 e. The number of H-pyrrole nitrogens is 1. The number of hydrogen-bond donors (Lipinski definition) is 2. The maximum absolute atomic E-state index is 12.2. The maximum atomic E-state index is 12.2. The normalized spacial score (nSPS) is 11.2. The van der Waals surface area contributed by atoms with E-state index in [9.17, 15) is 9.90 Å². The highest BCUT2D eigenvalue weighted by molar-refractivity contribution is 6.31. The summed E-state index contributed by atoms with van der Waals surface area (Å²) in [5.74, 6) is -0.347. The molecule has 0 saturated carbocycles. The van der Waals surface area contributed by atoms with Crippen LogP contribution in [-0.2, 0) is 0 Å². The van der Waals surface area contributed by atoms with Crippen LogP contribution >= 0.6 is 11.6 Å². The number of nitrogens with one attached hydrogen (secondary N) is 1. The molecule has 0 saturated heterocycles. The molecule has 0 aliphatic rings. The summed E-state index contributed by atoms with van der Waals surface area (Å²) >= 11 is 5.95. The van der Waals surface area contributed by atoms with Crippen LogP contribution in [0.1, 0.15) is 10.4 Å². The molecule has 7 heteroatoms. The first-order valence-electron chi connectivity index (χ1n) is 6.69. The summed E-state index contributed by atoms with van der Waals surface area (Å²) in [4.78, 5) is 14.9. The van der Waals surface area contributed by atoms with Crippen molar-refractivity contribution >= 4 is 34.1 Å². The number of nitrogens with zero attached hydrogens (tertiary/aromatic N) is 2. The molecule has 0 bridgehead atoms. The fourth-order valence-corrected chi connectivity index (χ4v) is 2.38. The Labute approximate surface area is 136 Å². The molecule has 0 spiro atoms. The van der Waals surface area contributed by atoms with Crippen LogP contribution in [0.5, 0.6) is 11.6 Å². The van der Waals surface area contributed by atoms with Crippen molar-refractivity contribution in [3.63, 3.8) is 0 Å². The Hall–Kier alpha value is -2.86. The van der Waals surface area contributed by atoms with Gasteiger partial charge in [0.1, 0.15) is 5.75 Å². The third-order valence-electron chi connectivity index (χ3n) is 3.29. The average molecular weight is 330 g/mol. The molecule has 23 heavy (non-hydrogen) atoms. The standard InChI is InChI=1S/C16H12ClN3O3/c1-23-13-5-3-2-4-10(13)15(21)20-19-14-11-8-9(17)6-7-12(11)18-16(14)22/h2-8,18,22H,1H3. The summed E-state index contributed by atoms with van der Waals surface area (Å²) in [6.45, 7) is 0. The molecule has 0 radical (unpaired) electrons. The monoisotopic (exact) mass is 329 g/mol. The summed E-state index contributed by atoms with van der Waals surface area (Å²) in [6, 6.07) is 11.7. The highest BCUT2D eigenvalue weighted by Gasteiger charge is 2.14. The molecule has 0 aliphatic carbocycles. The first kappa shape index (κ1) is 15.1. The molecule has 0 atom stereocenters. The molecule has 2 aromatic carbocycles. The molecule has 0 unspecified atom stereocenters. The molecule has 2 N–H and O–H groups in total. The van der Waals surface area contributed by atoms with Gasteiger partial charge in [-0.3, -0.25) is 4.79 Å². The fraction of sp³-hybridized carbons (Fsp3) is 0.0625. The number of para-hydroxylation sites is 1. The second-order valence-corrected chi connectivity index (χ2v) is 5.15. The Morgan fingerprint density at radius 3 is 2.83 bits per heavy atom. The summed E-state index contributed by atoms with van der Waals surface area (Å²) in [5.41, 5.74) is 1.09. The van der Waals surface area contributed by atoms with Gasteiger partial charge in [0.25, 0.3) is 5.91 Å². The summed E-state index contributed by atoms with van der Waals surface area (Å²) in [6.07, 6.45) is 0. The van der Waals surface area contributed by atoms with E-state index < -0.39 is 5.91 Å². The van der Waals surface area contributed by atoms with Crippen molar-refractivity contribution in [2.75, 3.05) is 7.11 Å². The van der Waals surface area contributed by atoms with E-state index in [1.54, 1.807) is 42.5 Å². The van der Waals surface area contributed by atoms with Gasteiger partial charge in [-0.15, -0.1) is 10.2 Å². The van der Waals surface area contributed by atoms with E-state index in [0.29, 0.717) is 21.7 Å². The molecule has 1 amide bonds. The van der Waals surface area contributed by atoms with Gasteiger partial charge in [0.15, 0.2) is 5.69 Å². The van der Waals surface area contributed by atoms with E-state index in [1.165, 1.54) is 7.11 Å². The first-order valence-corrected chi connectivity index (χ1v) is 7.07. The summed E-state index contributed by atoms with van der Waals surface area (Å²) in [7, 11) is 1.47. The number of hydrogen-bond acceptors (Lipinski definition) is 4. The molecule has 3 aromatic rings. The number of aromatic hydroxyl groups is 1. The number of carbonyl (C=O) groups excluding carboxylic acids is 1. The Balaban J connectivity index is 1.98. The van der Waals surface area contributed by atoms with E-state index in [0.717, 1.165) is 0 Å². The van der Waals surface area contributed by atoms with Gasteiger partial charge in [0.2, 0.25) is 5.88 Å². The van der Waals surface area contributed by atoms with Crippen LogP contribution < -0.4 is 4.74 Å². The third kappa shape index (κ3) is 2.89. The lowest BCUT2D eigenvalue weighted by Gasteiger charge is -2.03. The lowest BCUT2D eigenvalue weighted by Crippen LogP contribution is -1.97. The minimum Gasteiger partial charge on any atom is -0.496 e. The molecular weight excluding hydrogens is 318 g/mol. The minimum absolute atomic E-state index is 0.158. The zero-order chi connectivity index (χ0) is 16.4. The van der Waals surface area contributed by atoms with Crippen molar-refractivity contribution in [1.29, 1.82) is 0 Å². The number of amides is 1. The van der Waals surface area contributed by atoms with Crippen LogP contribution in [0.15, 0.2) is 52.7 Å². The number of aromatic amines is 1. The average Bonchev–Trinajstić information content (AvgIpc) is 2.87. The van der Waals surface area contributed by atoms with Gasteiger partial charge in [0, 0.05) is 10.4 Å². The summed E-state index contributed by atoms with van der Waals surface area (Å²) in [5, 5.41) is 18.5. The molecule has 1 aromatic heterocycles. The fourth-order valence-electron chi connectivity index (χ4n) is 2.21. The Bertz CT molecular complexity index is 918. The van der Waals surface area contributed by atoms with Gasteiger partial charge < -0.3 is 14.8 Å². The Kier molecular flexibility index (Phi) is 3.99. The number of rotatable bonds is 3. The number of fused-ring (bicyclic) bond motifs is 1. The van der Waals surface area contributed by atoms with E-state index >= 15 is 0 Å². The quantitative estimate of drug-likeness (QED) is 0.695. The zero-order valence-electron chi connectivity index (χ0n) is 12.1. The molecular formula is C16H12ClN3O3. The highest BCUT2D eigenvalue weighted by atomic mass is 35.5. The van der Waals surface area contributed by atoms with Crippen LogP contribution in [-0.4, -0.2) is 23.1 Å². The number of aromatic nitrogens is 1. The number of benzene rings is 2. The van der Waals surface area contributed by atoms with E-state index in [4.69, 9.17) is 16.3 Å². The predicted molar refractivity (Wildman–Crippen MR) is 86.8 cm³/mol. The van der Waals surface area contributed by atoms with Crippen molar-refractivity contribution in [1.82, 2.24) is 4.98 Å². The van der Waals surface area contributed by atoms with Gasteiger partial charge >= 0.3 is 0 Å². The Morgan fingerprint density at radius 1 is 1.26 bits per heavy atom. The highest BCUT2D eigenvalue weighted by Crippen LogP contribution is 2.37. The van der Waals surface area contributed by atoms with Gasteiger partial charge in [0.05, 0.1) is 18.2 Å². The van der Waals surface area contributed by atoms with Crippen molar-refractivity contribution in [2.24, 2.45) is 10.2 Å². The SMILES string of the molecule is COc1ccccc1C(=O)N=Nc1c(O)[nH]c2ccc(Cl)cc12.